The Morgan fingerprint density at radius 2 is 2.13 bits per heavy atom. The molecule has 2 aliphatic rings. The van der Waals surface area contributed by atoms with Crippen LogP contribution < -0.4 is 15.5 Å². The number of anilines is 1. The molecule has 0 spiro atoms. The lowest BCUT2D eigenvalue weighted by Gasteiger charge is -2.35. The third-order valence-electron chi connectivity index (χ3n) is 5.69. The van der Waals surface area contributed by atoms with E-state index >= 15 is 0 Å². The van der Waals surface area contributed by atoms with Gasteiger partial charge in [0.1, 0.15) is 5.82 Å². The number of hydrogen-bond acceptors (Lipinski definition) is 4. The summed E-state index contributed by atoms with van der Waals surface area (Å²) in [4.78, 5) is 6.97. The van der Waals surface area contributed by atoms with Crippen molar-refractivity contribution in [2.45, 2.75) is 45.1 Å². The van der Waals surface area contributed by atoms with Crippen LogP contribution in [0, 0.1) is 11.7 Å². The molecule has 8 heteroatoms. The van der Waals surface area contributed by atoms with E-state index in [1.165, 1.54) is 6.07 Å². The molecule has 1 unspecified atom stereocenters. The van der Waals surface area contributed by atoms with Crippen molar-refractivity contribution < 1.29 is 13.9 Å². The van der Waals surface area contributed by atoms with Crippen molar-refractivity contribution >= 4 is 35.6 Å². The lowest BCUT2D eigenvalue weighted by atomic mass is 10.0. The molecular weight excluding hydrogens is 510 g/mol. The van der Waals surface area contributed by atoms with Gasteiger partial charge in [0.05, 0.1) is 0 Å². The molecular formula is C23H38FIN4O2. The summed E-state index contributed by atoms with van der Waals surface area (Å²) in [6.07, 6.45) is 5.30. The smallest absolute Gasteiger partial charge is 0.191 e. The highest BCUT2D eigenvalue weighted by Gasteiger charge is 2.21. The van der Waals surface area contributed by atoms with E-state index in [0.29, 0.717) is 12.0 Å². The molecule has 176 valence electrons. The molecule has 1 aromatic rings. The standard InChI is InChI=1S/C23H37FN4O2.HI/c1-2-25-23(26-11-5-13-30-18-19-9-14-29-15-10-19)27-21-7-4-12-28(17-21)22-8-3-6-20(24)16-22;/h3,6,8,16,19,21H,2,4-5,7,9-15,17-18H2,1H3,(H2,25,26,27);1H. The molecule has 2 N–H and O–H groups in total. The van der Waals surface area contributed by atoms with Crippen molar-refractivity contribution in [3.8, 4) is 0 Å². The Bertz CT molecular complexity index is 658. The minimum Gasteiger partial charge on any atom is -0.381 e. The molecule has 1 atom stereocenters. The van der Waals surface area contributed by atoms with Crippen molar-refractivity contribution in [1.29, 1.82) is 0 Å². The van der Waals surface area contributed by atoms with Crippen molar-refractivity contribution in [2.24, 2.45) is 10.9 Å². The predicted molar refractivity (Wildman–Crippen MR) is 135 cm³/mol. The fraction of sp³-hybridized carbons (Fsp3) is 0.696. The van der Waals surface area contributed by atoms with Gasteiger partial charge in [-0.2, -0.15) is 0 Å². The lowest BCUT2D eigenvalue weighted by molar-refractivity contribution is 0.0205. The van der Waals surface area contributed by atoms with E-state index in [4.69, 9.17) is 14.5 Å². The van der Waals surface area contributed by atoms with Crippen molar-refractivity contribution in [3.05, 3.63) is 30.1 Å². The van der Waals surface area contributed by atoms with Crippen LogP contribution in [0.2, 0.25) is 0 Å². The Kier molecular flexibility index (Phi) is 12.5. The van der Waals surface area contributed by atoms with Crippen molar-refractivity contribution in [1.82, 2.24) is 10.6 Å². The maximum Gasteiger partial charge on any atom is 0.191 e. The Morgan fingerprint density at radius 1 is 1.29 bits per heavy atom. The molecule has 0 radical (unpaired) electrons. The number of guanidine groups is 1. The molecule has 0 saturated carbocycles. The van der Waals surface area contributed by atoms with E-state index in [-0.39, 0.29) is 29.8 Å². The Labute approximate surface area is 203 Å². The zero-order chi connectivity index (χ0) is 21.0. The summed E-state index contributed by atoms with van der Waals surface area (Å²) in [5, 5.41) is 6.90. The first kappa shape index (κ1) is 26.1. The minimum atomic E-state index is -0.184. The van der Waals surface area contributed by atoms with Gasteiger partial charge >= 0.3 is 0 Å². The van der Waals surface area contributed by atoms with Gasteiger partial charge in [0, 0.05) is 64.3 Å². The maximum absolute atomic E-state index is 13.6. The highest BCUT2D eigenvalue weighted by atomic mass is 127. The largest absolute Gasteiger partial charge is 0.381 e. The highest BCUT2D eigenvalue weighted by Crippen LogP contribution is 2.20. The van der Waals surface area contributed by atoms with Crippen LogP contribution in [0.3, 0.4) is 0 Å². The number of halogens is 2. The van der Waals surface area contributed by atoms with Crippen LogP contribution in [0.5, 0.6) is 0 Å². The van der Waals surface area contributed by atoms with E-state index in [9.17, 15) is 4.39 Å². The van der Waals surface area contributed by atoms with Crippen molar-refractivity contribution in [3.63, 3.8) is 0 Å². The normalized spacial score (nSPS) is 20.3. The molecule has 3 rings (SSSR count). The van der Waals surface area contributed by atoms with Crippen molar-refractivity contribution in [2.75, 3.05) is 57.5 Å². The summed E-state index contributed by atoms with van der Waals surface area (Å²) < 4.78 is 24.8. The number of piperidine rings is 1. The number of nitrogens with zero attached hydrogens (tertiary/aromatic N) is 2. The maximum atomic E-state index is 13.6. The van der Waals surface area contributed by atoms with Gasteiger partial charge in [-0.05, 0) is 63.1 Å². The van der Waals surface area contributed by atoms with Gasteiger partial charge in [0.25, 0.3) is 0 Å². The van der Waals surface area contributed by atoms with E-state index in [2.05, 4.69) is 22.5 Å². The number of benzene rings is 1. The Balaban J connectivity index is 0.00000341. The fourth-order valence-corrected chi connectivity index (χ4v) is 4.04. The average molecular weight is 548 g/mol. The summed E-state index contributed by atoms with van der Waals surface area (Å²) in [5.41, 5.74) is 0.949. The summed E-state index contributed by atoms with van der Waals surface area (Å²) >= 11 is 0. The zero-order valence-electron chi connectivity index (χ0n) is 18.7. The summed E-state index contributed by atoms with van der Waals surface area (Å²) in [6.45, 7) is 8.77. The van der Waals surface area contributed by atoms with E-state index < -0.39 is 0 Å². The van der Waals surface area contributed by atoms with Gasteiger partial charge in [-0.3, -0.25) is 4.99 Å². The van der Waals surface area contributed by atoms with E-state index in [0.717, 1.165) is 96.4 Å². The second kappa shape index (κ2) is 14.8. The second-order valence-corrected chi connectivity index (χ2v) is 8.15. The molecule has 2 heterocycles. The molecule has 2 aliphatic heterocycles. The molecule has 2 saturated heterocycles. The SMILES string of the molecule is CCNC(=NCCCOCC1CCOCC1)NC1CCCN(c2cccc(F)c2)C1.I. The second-order valence-electron chi connectivity index (χ2n) is 8.15. The molecule has 0 aliphatic carbocycles. The van der Waals surface area contributed by atoms with Gasteiger partial charge in [0.2, 0.25) is 0 Å². The fourth-order valence-electron chi connectivity index (χ4n) is 4.04. The molecule has 0 aromatic heterocycles. The number of aliphatic imine (C=N–C) groups is 1. The third kappa shape index (κ3) is 9.49. The summed E-state index contributed by atoms with van der Waals surface area (Å²) in [5.74, 6) is 1.32. The van der Waals surface area contributed by atoms with Crippen LogP contribution in [-0.2, 0) is 9.47 Å². The first-order valence-electron chi connectivity index (χ1n) is 11.5. The summed E-state index contributed by atoms with van der Waals surface area (Å²) in [6, 6.07) is 7.15. The first-order chi connectivity index (χ1) is 14.7. The third-order valence-corrected chi connectivity index (χ3v) is 5.69. The predicted octanol–water partition coefficient (Wildman–Crippen LogP) is 3.80. The number of nitrogens with one attached hydrogen (secondary N) is 2. The first-order valence-corrected chi connectivity index (χ1v) is 11.5. The molecule has 2 fully saturated rings. The van der Waals surface area contributed by atoms with Gasteiger partial charge in [-0.25, -0.2) is 4.39 Å². The van der Waals surface area contributed by atoms with Gasteiger partial charge in [-0.1, -0.05) is 6.07 Å². The molecule has 0 bridgehead atoms. The van der Waals surface area contributed by atoms with E-state index in [1.807, 2.05) is 6.07 Å². The van der Waals surface area contributed by atoms with Crippen LogP contribution in [-0.4, -0.2) is 64.6 Å². The van der Waals surface area contributed by atoms with Crippen LogP contribution in [0.25, 0.3) is 0 Å². The van der Waals surface area contributed by atoms with Gasteiger partial charge in [-0.15, -0.1) is 24.0 Å². The van der Waals surface area contributed by atoms with Crippen LogP contribution in [0.4, 0.5) is 10.1 Å². The molecule has 6 nitrogen and oxygen atoms in total. The quantitative estimate of drug-likeness (QED) is 0.213. The van der Waals surface area contributed by atoms with Crippen LogP contribution in [0.1, 0.15) is 39.0 Å². The Hall–Kier alpha value is -1.13. The minimum absolute atomic E-state index is 0. The molecule has 0 amide bonds. The van der Waals surface area contributed by atoms with E-state index in [1.54, 1.807) is 12.1 Å². The van der Waals surface area contributed by atoms with Gasteiger partial charge < -0.3 is 25.0 Å². The lowest BCUT2D eigenvalue weighted by Crippen LogP contribution is -2.51. The topological polar surface area (TPSA) is 58.1 Å². The number of ether oxygens (including phenoxy) is 2. The van der Waals surface area contributed by atoms with Gasteiger partial charge in [0.15, 0.2) is 5.96 Å². The monoisotopic (exact) mass is 548 g/mol. The summed E-state index contributed by atoms with van der Waals surface area (Å²) in [7, 11) is 0. The Morgan fingerprint density at radius 3 is 2.90 bits per heavy atom. The highest BCUT2D eigenvalue weighted by molar-refractivity contribution is 14.0. The molecule has 1 aromatic carbocycles. The number of hydrogen-bond donors (Lipinski definition) is 2. The van der Waals surface area contributed by atoms with Crippen LogP contribution in [0.15, 0.2) is 29.3 Å². The zero-order valence-corrected chi connectivity index (χ0v) is 21.0. The van der Waals surface area contributed by atoms with Crippen LogP contribution >= 0.6 is 24.0 Å². The average Bonchev–Trinajstić information content (AvgIpc) is 2.77. The number of rotatable bonds is 9. The molecule has 31 heavy (non-hydrogen) atoms.